The fourth-order valence-electron chi connectivity index (χ4n) is 2.11. The molecule has 0 aliphatic heterocycles. The lowest BCUT2D eigenvalue weighted by Gasteiger charge is -2.21. The predicted molar refractivity (Wildman–Crippen MR) is 103 cm³/mol. The van der Waals surface area contributed by atoms with E-state index in [0.717, 1.165) is 9.75 Å². The van der Waals surface area contributed by atoms with Crippen LogP contribution in [-0.2, 0) is 22.6 Å². The van der Waals surface area contributed by atoms with Gasteiger partial charge in [0.2, 0.25) is 0 Å². The summed E-state index contributed by atoms with van der Waals surface area (Å²) in [6.07, 6.45) is -0.604. The Morgan fingerprint density at radius 1 is 1.00 bits per heavy atom. The van der Waals surface area contributed by atoms with Gasteiger partial charge in [-0.1, -0.05) is 12.1 Å². The molecule has 0 aliphatic rings. The molecule has 2 aromatic rings. The summed E-state index contributed by atoms with van der Waals surface area (Å²) in [5, 5.41) is 17.3. The van der Waals surface area contributed by atoms with Gasteiger partial charge in [-0.05, 0) is 22.9 Å². The molecule has 10 heteroatoms. The third-order valence-corrected chi connectivity index (χ3v) is 5.07. The Hall–Kier alpha value is -2.59. The van der Waals surface area contributed by atoms with Gasteiger partial charge in [0, 0.05) is 16.3 Å². The molecule has 2 rings (SSSR count). The number of nitrogens with one attached hydrogen (secondary N) is 2. The first-order valence-corrected chi connectivity index (χ1v) is 10.0. The molecule has 0 unspecified atom stereocenters. The van der Waals surface area contributed by atoms with Gasteiger partial charge in [0.25, 0.3) is 0 Å². The summed E-state index contributed by atoms with van der Waals surface area (Å²) in [5.74, 6) is -0.985. The summed E-state index contributed by atoms with van der Waals surface area (Å²) in [7, 11) is 0. The molecular weight excluding hydrogens is 390 g/mol. The normalized spacial score (nSPS) is 10.2. The van der Waals surface area contributed by atoms with Gasteiger partial charge in [0.1, 0.15) is 6.61 Å². The highest BCUT2D eigenvalue weighted by molar-refractivity contribution is 7.10. The van der Waals surface area contributed by atoms with E-state index in [1.54, 1.807) is 27.6 Å². The third-order valence-electron chi connectivity index (χ3n) is 3.35. The van der Waals surface area contributed by atoms with Gasteiger partial charge < -0.3 is 20.5 Å². The number of hydrogen-bond donors (Lipinski definition) is 3. The van der Waals surface area contributed by atoms with Gasteiger partial charge in [0.05, 0.1) is 26.1 Å². The van der Waals surface area contributed by atoms with Gasteiger partial charge in [-0.25, -0.2) is 9.59 Å². The number of ether oxygens (including phenoxy) is 1. The second kappa shape index (κ2) is 11.2. The average Bonchev–Trinajstić information content (AvgIpc) is 3.31. The van der Waals surface area contributed by atoms with Crippen molar-refractivity contribution in [3.05, 3.63) is 44.8 Å². The lowest BCUT2D eigenvalue weighted by molar-refractivity contribution is -0.136. The number of carbonyl (C=O) groups is 3. The molecule has 146 valence electrons. The summed E-state index contributed by atoms with van der Waals surface area (Å²) in [4.78, 5) is 38.0. The molecule has 0 bridgehead atoms. The van der Waals surface area contributed by atoms with E-state index in [4.69, 9.17) is 9.84 Å². The van der Waals surface area contributed by atoms with E-state index in [1.165, 1.54) is 0 Å². The lowest BCUT2D eigenvalue weighted by atomic mass is 10.4. The van der Waals surface area contributed by atoms with Crippen molar-refractivity contribution in [2.24, 2.45) is 0 Å². The Morgan fingerprint density at radius 2 is 1.59 bits per heavy atom. The fourth-order valence-corrected chi connectivity index (χ4v) is 3.54. The number of aliphatic carboxylic acids is 1. The Kier molecular flexibility index (Phi) is 8.59. The second-order valence-electron chi connectivity index (χ2n) is 5.46. The molecule has 8 nitrogen and oxygen atoms in total. The topological polar surface area (TPSA) is 108 Å². The minimum Gasteiger partial charge on any atom is -0.481 e. The zero-order valence-corrected chi connectivity index (χ0v) is 16.2. The van der Waals surface area contributed by atoms with Crippen molar-refractivity contribution >= 4 is 40.8 Å². The number of nitrogens with zero attached hydrogens (tertiary/aromatic N) is 1. The standard InChI is InChI=1S/C17H21N3O5S2/c21-15(22)5-6-18-16(23)19-7-8-25-17(24)20(11-13-3-1-9-26-13)12-14-4-2-10-27-14/h1-4,9-10H,5-8,11-12H2,(H,21,22)(H2,18,19,23). The van der Waals surface area contributed by atoms with Crippen LogP contribution in [0.5, 0.6) is 0 Å². The van der Waals surface area contributed by atoms with Crippen molar-refractivity contribution in [2.45, 2.75) is 19.5 Å². The van der Waals surface area contributed by atoms with Crippen molar-refractivity contribution in [1.82, 2.24) is 15.5 Å². The first-order chi connectivity index (χ1) is 13.0. The zero-order valence-electron chi connectivity index (χ0n) is 14.6. The highest BCUT2D eigenvalue weighted by atomic mass is 32.1. The average molecular weight is 412 g/mol. The molecule has 3 amide bonds. The number of rotatable bonds is 10. The molecule has 27 heavy (non-hydrogen) atoms. The van der Waals surface area contributed by atoms with E-state index in [-0.39, 0.29) is 26.1 Å². The summed E-state index contributed by atoms with van der Waals surface area (Å²) < 4.78 is 5.25. The summed E-state index contributed by atoms with van der Waals surface area (Å²) in [6, 6.07) is 7.29. The molecule has 0 atom stereocenters. The fraction of sp³-hybridized carbons (Fsp3) is 0.353. The SMILES string of the molecule is O=C(O)CCNC(=O)NCCOC(=O)N(Cc1cccs1)Cc1cccs1. The minimum absolute atomic E-state index is 0.0244. The van der Waals surface area contributed by atoms with Crippen LogP contribution in [-0.4, -0.2) is 47.8 Å². The summed E-state index contributed by atoms with van der Waals surface area (Å²) in [5.41, 5.74) is 0. The maximum absolute atomic E-state index is 12.4. The van der Waals surface area contributed by atoms with Crippen LogP contribution in [0, 0.1) is 0 Å². The monoisotopic (exact) mass is 411 g/mol. The third kappa shape index (κ3) is 8.09. The Bertz CT molecular complexity index is 683. The maximum Gasteiger partial charge on any atom is 0.410 e. The molecule has 0 aliphatic carbocycles. The van der Waals surface area contributed by atoms with Crippen molar-refractivity contribution in [3.8, 4) is 0 Å². The molecule has 0 aromatic carbocycles. The Balaban J connectivity index is 1.74. The smallest absolute Gasteiger partial charge is 0.410 e. The van der Waals surface area contributed by atoms with Crippen LogP contribution in [0.2, 0.25) is 0 Å². The minimum atomic E-state index is -0.985. The molecule has 2 heterocycles. The van der Waals surface area contributed by atoms with Crippen LogP contribution in [0.15, 0.2) is 35.0 Å². The second-order valence-corrected chi connectivity index (χ2v) is 7.52. The molecule has 0 spiro atoms. The van der Waals surface area contributed by atoms with E-state index in [9.17, 15) is 14.4 Å². The summed E-state index contributed by atoms with van der Waals surface area (Å²) >= 11 is 3.14. The number of urea groups is 1. The number of amides is 3. The zero-order chi connectivity index (χ0) is 19.5. The van der Waals surface area contributed by atoms with Crippen LogP contribution in [0.4, 0.5) is 9.59 Å². The van der Waals surface area contributed by atoms with E-state index in [1.807, 2.05) is 35.0 Å². The van der Waals surface area contributed by atoms with E-state index in [0.29, 0.717) is 13.1 Å². The Labute approximate surface area is 164 Å². The Morgan fingerprint density at radius 3 is 2.11 bits per heavy atom. The van der Waals surface area contributed by atoms with Crippen molar-refractivity contribution < 1.29 is 24.2 Å². The highest BCUT2D eigenvalue weighted by Crippen LogP contribution is 2.17. The van der Waals surface area contributed by atoms with Crippen LogP contribution in [0.3, 0.4) is 0 Å². The lowest BCUT2D eigenvalue weighted by Crippen LogP contribution is -2.39. The maximum atomic E-state index is 12.4. The van der Waals surface area contributed by atoms with Gasteiger partial charge in [-0.15, -0.1) is 22.7 Å². The number of thiophene rings is 2. The van der Waals surface area contributed by atoms with Crippen molar-refractivity contribution in [2.75, 3.05) is 19.7 Å². The van der Waals surface area contributed by atoms with E-state index in [2.05, 4.69) is 10.6 Å². The predicted octanol–water partition coefficient (Wildman–Crippen LogP) is 2.72. The van der Waals surface area contributed by atoms with Gasteiger partial charge in [-0.2, -0.15) is 0 Å². The molecule has 2 aromatic heterocycles. The van der Waals surface area contributed by atoms with E-state index >= 15 is 0 Å². The first-order valence-electron chi connectivity index (χ1n) is 8.24. The van der Waals surface area contributed by atoms with Crippen molar-refractivity contribution in [3.63, 3.8) is 0 Å². The van der Waals surface area contributed by atoms with Gasteiger partial charge >= 0.3 is 18.1 Å². The van der Waals surface area contributed by atoms with Gasteiger partial charge in [-0.3, -0.25) is 9.69 Å². The van der Waals surface area contributed by atoms with Crippen LogP contribution >= 0.6 is 22.7 Å². The van der Waals surface area contributed by atoms with Crippen LogP contribution in [0.25, 0.3) is 0 Å². The molecule has 0 saturated heterocycles. The number of carboxylic acid groups (broad SMARTS) is 1. The molecule has 0 fully saturated rings. The van der Waals surface area contributed by atoms with Crippen molar-refractivity contribution in [1.29, 1.82) is 0 Å². The molecule has 0 radical (unpaired) electrons. The van der Waals surface area contributed by atoms with Gasteiger partial charge in [0.15, 0.2) is 0 Å². The molecular formula is C17H21N3O5S2. The number of hydrogen-bond acceptors (Lipinski definition) is 6. The number of carbonyl (C=O) groups excluding carboxylic acids is 2. The summed E-state index contributed by atoms with van der Waals surface area (Å²) in [6.45, 7) is 1.11. The molecule has 0 saturated carbocycles. The van der Waals surface area contributed by atoms with Crippen LogP contribution < -0.4 is 10.6 Å². The van der Waals surface area contributed by atoms with Crippen LogP contribution in [0.1, 0.15) is 16.2 Å². The number of carboxylic acids is 1. The highest BCUT2D eigenvalue weighted by Gasteiger charge is 2.17. The quantitative estimate of drug-likeness (QED) is 0.521. The first kappa shape index (κ1) is 20.7. The van der Waals surface area contributed by atoms with E-state index < -0.39 is 18.1 Å². The largest absolute Gasteiger partial charge is 0.481 e. The molecule has 3 N–H and O–H groups in total.